The third-order valence-corrected chi connectivity index (χ3v) is 5.89. The molecule has 0 radical (unpaired) electrons. The molecule has 2 aromatic rings. The van der Waals surface area contributed by atoms with Crippen LogP contribution < -0.4 is 10.6 Å². The third-order valence-electron chi connectivity index (χ3n) is 5.33. The number of benzene rings is 2. The Bertz CT molecular complexity index is 978. The van der Waals surface area contributed by atoms with E-state index in [0.29, 0.717) is 16.5 Å². The minimum Gasteiger partial charge on any atom is -0.372 e. The quantitative estimate of drug-likeness (QED) is 0.571. The van der Waals surface area contributed by atoms with Crippen LogP contribution in [0.4, 0.5) is 11.4 Å². The van der Waals surface area contributed by atoms with Crippen molar-refractivity contribution in [2.75, 3.05) is 10.6 Å². The summed E-state index contributed by atoms with van der Waals surface area (Å²) >= 11 is 12.6. The molecule has 1 atom stereocenters. The summed E-state index contributed by atoms with van der Waals surface area (Å²) in [6.07, 6.45) is 1.33. The number of carbonyl (C=O) groups is 1. The molecule has 0 saturated heterocycles. The van der Waals surface area contributed by atoms with Crippen molar-refractivity contribution in [3.63, 3.8) is 0 Å². The fourth-order valence-electron chi connectivity index (χ4n) is 4.09. The Kier molecular flexibility index (Phi) is 4.48. The first kappa shape index (κ1) is 18.4. The van der Waals surface area contributed by atoms with E-state index >= 15 is 0 Å². The lowest BCUT2D eigenvalue weighted by Gasteiger charge is -2.34. The van der Waals surface area contributed by atoms with Crippen LogP contribution in [0.1, 0.15) is 43.9 Å². The largest absolute Gasteiger partial charge is 0.372 e. The topological polar surface area (TPSA) is 41.1 Å². The monoisotopic (exact) mass is 400 g/mol. The maximum Gasteiger partial charge on any atom is 0.163 e. The van der Waals surface area contributed by atoms with E-state index in [-0.39, 0.29) is 17.2 Å². The fourth-order valence-corrected chi connectivity index (χ4v) is 4.61. The Morgan fingerprint density at radius 1 is 1.11 bits per heavy atom. The number of aryl methyl sites for hydroxylation is 1. The summed E-state index contributed by atoms with van der Waals surface area (Å²) in [7, 11) is 0. The van der Waals surface area contributed by atoms with E-state index < -0.39 is 0 Å². The molecule has 0 spiro atoms. The average Bonchev–Trinajstić information content (AvgIpc) is 2.71. The number of carbonyl (C=O) groups excluding carboxylic acids is 1. The molecule has 0 amide bonds. The van der Waals surface area contributed by atoms with Gasteiger partial charge in [0.2, 0.25) is 0 Å². The molecule has 0 fully saturated rings. The molecule has 1 aliphatic heterocycles. The Morgan fingerprint density at radius 2 is 1.89 bits per heavy atom. The minimum atomic E-state index is -0.316. The van der Waals surface area contributed by atoms with Crippen LogP contribution in [0.25, 0.3) is 0 Å². The Hall–Kier alpha value is -1.97. The molecule has 27 heavy (non-hydrogen) atoms. The van der Waals surface area contributed by atoms with Crippen molar-refractivity contribution in [2.45, 2.75) is 39.7 Å². The van der Waals surface area contributed by atoms with Crippen LogP contribution in [0.2, 0.25) is 10.0 Å². The van der Waals surface area contributed by atoms with Crippen molar-refractivity contribution in [1.29, 1.82) is 0 Å². The van der Waals surface area contributed by atoms with Gasteiger partial charge >= 0.3 is 0 Å². The lowest BCUT2D eigenvalue weighted by molar-refractivity contribution is -0.118. The second kappa shape index (κ2) is 6.57. The lowest BCUT2D eigenvalue weighted by atomic mass is 9.73. The standard InChI is InChI=1S/C22H22Cl2N2O/c1-12-5-4-6-16-20(12)26-21(14-8-7-13(23)9-15(14)24)19-17(25-16)10-22(2,3)11-18(19)27/h4-9,21,25-26H,10-11H2,1-3H3. The van der Waals surface area contributed by atoms with Gasteiger partial charge in [-0.15, -0.1) is 0 Å². The van der Waals surface area contributed by atoms with Gasteiger partial charge in [0.05, 0.1) is 17.4 Å². The Labute approximate surface area is 169 Å². The van der Waals surface area contributed by atoms with Crippen molar-refractivity contribution >= 4 is 40.4 Å². The smallest absolute Gasteiger partial charge is 0.163 e. The van der Waals surface area contributed by atoms with E-state index in [4.69, 9.17) is 23.2 Å². The van der Waals surface area contributed by atoms with Gasteiger partial charge < -0.3 is 10.6 Å². The zero-order valence-corrected chi connectivity index (χ0v) is 17.1. The van der Waals surface area contributed by atoms with Crippen molar-refractivity contribution in [1.82, 2.24) is 0 Å². The molecule has 1 unspecified atom stereocenters. The van der Waals surface area contributed by atoms with Crippen LogP contribution in [-0.4, -0.2) is 5.78 Å². The summed E-state index contributed by atoms with van der Waals surface area (Å²) in [5.74, 6) is 0.155. The van der Waals surface area contributed by atoms with E-state index in [1.54, 1.807) is 6.07 Å². The number of allylic oxidation sites excluding steroid dienone is 1. The van der Waals surface area contributed by atoms with Gasteiger partial charge in [0.1, 0.15) is 0 Å². The van der Waals surface area contributed by atoms with Crippen LogP contribution in [0, 0.1) is 12.3 Å². The molecule has 140 valence electrons. The molecule has 2 aromatic carbocycles. The molecule has 2 aliphatic rings. The molecule has 0 aromatic heterocycles. The summed E-state index contributed by atoms with van der Waals surface area (Å²) < 4.78 is 0. The minimum absolute atomic E-state index is 0.0778. The van der Waals surface area contributed by atoms with Gasteiger partial charge in [-0.2, -0.15) is 0 Å². The maximum atomic E-state index is 13.2. The number of anilines is 2. The molecule has 2 N–H and O–H groups in total. The predicted octanol–water partition coefficient (Wildman–Crippen LogP) is 6.52. The second-order valence-corrected chi connectivity index (χ2v) is 9.04. The highest BCUT2D eigenvalue weighted by Gasteiger charge is 2.39. The van der Waals surface area contributed by atoms with Crippen molar-refractivity contribution < 1.29 is 4.79 Å². The number of rotatable bonds is 1. The highest BCUT2D eigenvalue weighted by molar-refractivity contribution is 6.35. The number of para-hydroxylation sites is 1. The van der Waals surface area contributed by atoms with E-state index in [1.807, 2.05) is 24.3 Å². The maximum absolute atomic E-state index is 13.2. The SMILES string of the molecule is Cc1cccc2c1NC(c1ccc(Cl)cc1Cl)C1=C(CC(C)(C)CC1=O)N2. The third kappa shape index (κ3) is 3.35. The molecule has 4 rings (SSSR count). The summed E-state index contributed by atoms with van der Waals surface area (Å²) in [5.41, 5.74) is 5.62. The van der Waals surface area contributed by atoms with E-state index in [2.05, 4.69) is 37.5 Å². The summed E-state index contributed by atoms with van der Waals surface area (Å²) in [6, 6.07) is 11.3. The van der Waals surface area contributed by atoms with Gasteiger partial charge in [-0.25, -0.2) is 0 Å². The number of ketones is 1. The lowest BCUT2D eigenvalue weighted by Crippen LogP contribution is -2.31. The first-order valence-corrected chi connectivity index (χ1v) is 9.85. The number of halogens is 2. The predicted molar refractivity (Wildman–Crippen MR) is 113 cm³/mol. The molecular weight excluding hydrogens is 379 g/mol. The number of hydrogen-bond acceptors (Lipinski definition) is 3. The Balaban J connectivity index is 1.94. The number of hydrogen-bond donors (Lipinski definition) is 2. The van der Waals surface area contributed by atoms with Gasteiger partial charge in [0.15, 0.2) is 5.78 Å². The molecule has 0 saturated carbocycles. The zero-order valence-electron chi connectivity index (χ0n) is 15.6. The summed E-state index contributed by atoms with van der Waals surface area (Å²) in [6.45, 7) is 6.33. The second-order valence-electron chi connectivity index (χ2n) is 8.20. The average molecular weight is 401 g/mol. The van der Waals surface area contributed by atoms with E-state index in [0.717, 1.165) is 40.2 Å². The molecular formula is C22H22Cl2N2O. The van der Waals surface area contributed by atoms with Gasteiger partial charge in [-0.1, -0.05) is 55.2 Å². The zero-order chi connectivity index (χ0) is 19.3. The number of Topliss-reactive ketones (excluding diaryl/α,β-unsaturated/α-hetero) is 1. The molecule has 5 heteroatoms. The van der Waals surface area contributed by atoms with Crippen molar-refractivity contribution in [2.24, 2.45) is 5.41 Å². The highest BCUT2D eigenvalue weighted by Crippen LogP contribution is 2.47. The van der Waals surface area contributed by atoms with Crippen molar-refractivity contribution in [3.8, 4) is 0 Å². The van der Waals surface area contributed by atoms with Crippen LogP contribution in [0.15, 0.2) is 47.7 Å². The van der Waals surface area contributed by atoms with Crippen molar-refractivity contribution in [3.05, 3.63) is 68.8 Å². The Morgan fingerprint density at radius 3 is 2.63 bits per heavy atom. The number of nitrogens with one attached hydrogen (secondary N) is 2. The summed E-state index contributed by atoms with van der Waals surface area (Å²) in [5, 5.41) is 8.28. The highest BCUT2D eigenvalue weighted by atomic mass is 35.5. The number of fused-ring (bicyclic) bond motifs is 1. The van der Waals surface area contributed by atoms with Gasteiger partial charge in [0, 0.05) is 27.7 Å². The van der Waals surface area contributed by atoms with Gasteiger partial charge in [-0.3, -0.25) is 4.79 Å². The first-order valence-electron chi connectivity index (χ1n) is 9.09. The fraction of sp³-hybridized carbons (Fsp3) is 0.318. The summed E-state index contributed by atoms with van der Waals surface area (Å²) in [4.78, 5) is 13.2. The normalized spacial score (nSPS) is 20.9. The van der Waals surface area contributed by atoms with Crippen LogP contribution >= 0.6 is 23.2 Å². The first-order chi connectivity index (χ1) is 12.7. The molecule has 0 bridgehead atoms. The molecule has 3 nitrogen and oxygen atoms in total. The van der Waals surface area contributed by atoms with Gasteiger partial charge in [0.25, 0.3) is 0 Å². The molecule has 1 aliphatic carbocycles. The van der Waals surface area contributed by atoms with Crippen LogP contribution in [0.3, 0.4) is 0 Å². The molecule has 1 heterocycles. The van der Waals surface area contributed by atoms with Gasteiger partial charge in [-0.05, 0) is 48.1 Å². The van der Waals surface area contributed by atoms with E-state index in [1.165, 1.54) is 0 Å². The van der Waals surface area contributed by atoms with Crippen LogP contribution in [-0.2, 0) is 4.79 Å². The van der Waals surface area contributed by atoms with E-state index in [9.17, 15) is 4.79 Å². The van der Waals surface area contributed by atoms with Crippen LogP contribution in [0.5, 0.6) is 0 Å².